The van der Waals surface area contributed by atoms with Gasteiger partial charge in [0.25, 0.3) is 11.8 Å². The molecule has 0 fully saturated rings. The van der Waals surface area contributed by atoms with Gasteiger partial charge >= 0.3 is 0 Å². The molecule has 3 aromatic rings. The second kappa shape index (κ2) is 10.6. The van der Waals surface area contributed by atoms with Crippen LogP contribution in [0.2, 0.25) is 0 Å². The van der Waals surface area contributed by atoms with Gasteiger partial charge in [0.05, 0.1) is 23.9 Å². The van der Waals surface area contributed by atoms with Crippen LogP contribution in [-0.2, 0) is 11.3 Å². The van der Waals surface area contributed by atoms with Crippen LogP contribution in [0.25, 0.3) is 11.0 Å². The summed E-state index contributed by atoms with van der Waals surface area (Å²) in [7, 11) is 3.33. The average Bonchev–Trinajstić information content (AvgIpc) is 3.12. The fourth-order valence-corrected chi connectivity index (χ4v) is 3.28. The lowest BCUT2D eigenvalue weighted by Crippen LogP contribution is -2.27. The third kappa shape index (κ3) is 5.68. The number of nitrogens with zero attached hydrogens (tertiary/aromatic N) is 4. The highest BCUT2D eigenvalue weighted by Crippen LogP contribution is 2.28. The summed E-state index contributed by atoms with van der Waals surface area (Å²) in [6.45, 7) is 7.03. The van der Waals surface area contributed by atoms with Crippen LogP contribution in [0, 0.1) is 6.92 Å². The van der Waals surface area contributed by atoms with E-state index in [4.69, 9.17) is 9.47 Å². The van der Waals surface area contributed by atoms with Crippen LogP contribution in [0.3, 0.4) is 0 Å². The Morgan fingerprint density at radius 2 is 1.91 bits per heavy atom. The van der Waals surface area contributed by atoms with E-state index in [-0.39, 0.29) is 18.4 Å². The predicted octanol–water partition coefficient (Wildman–Crippen LogP) is 2.99. The third-order valence-corrected chi connectivity index (χ3v) is 5.01. The van der Waals surface area contributed by atoms with Gasteiger partial charge in [-0.25, -0.2) is 10.4 Å². The van der Waals surface area contributed by atoms with Gasteiger partial charge in [-0.3, -0.25) is 9.59 Å². The number of ether oxygens (including phenoxy) is 2. The van der Waals surface area contributed by atoms with Gasteiger partial charge in [0.2, 0.25) is 0 Å². The summed E-state index contributed by atoms with van der Waals surface area (Å²) in [4.78, 5) is 30.3. The lowest BCUT2D eigenvalue weighted by atomic mass is 10.2. The maximum atomic E-state index is 12.5. The molecule has 0 saturated carbocycles. The van der Waals surface area contributed by atoms with Gasteiger partial charge in [-0.2, -0.15) is 5.10 Å². The molecule has 1 N–H and O–H groups in total. The number of hydrogen-bond acceptors (Lipinski definition) is 6. The zero-order chi connectivity index (χ0) is 24.0. The van der Waals surface area contributed by atoms with Crippen LogP contribution in [0.4, 0.5) is 0 Å². The molecule has 9 heteroatoms. The molecule has 2 amide bonds. The second-order valence-electron chi connectivity index (χ2n) is 7.52. The van der Waals surface area contributed by atoms with Gasteiger partial charge in [-0.05, 0) is 62.7 Å². The van der Waals surface area contributed by atoms with Gasteiger partial charge in [0.1, 0.15) is 5.82 Å². The maximum Gasteiger partial charge on any atom is 0.271 e. The lowest BCUT2D eigenvalue weighted by Gasteiger charge is -2.14. The topological polar surface area (TPSA) is 98.0 Å². The number of fused-ring (bicyclic) bond motifs is 1. The fourth-order valence-electron chi connectivity index (χ4n) is 3.28. The molecule has 2 aromatic carbocycles. The first kappa shape index (κ1) is 23.8. The fraction of sp³-hybridized carbons (Fsp3) is 0.333. The number of aromatic nitrogens is 2. The summed E-state index contributed by atoms with van der Waals surface area (Å²) in [5.74, 6) is 1.38. The number of likely N-dealkylation sites (N-methyl/N-ethyl adjacent to an activating group) is 1. The van der Waals surface area contributed by atoms with Crippen molar-refractivity contribution in [3.05, 3.63) is 53.3 Å². The van der Waals surface area contributed by atoms with Crippen LogP contribution in [0.1, 0.15) is 35.6 Å². The van der Waals surface area contributed by atoms with Crippen molar-refractivity contribution < 1.29 is 19.1 Å². The van der Waals surface area contributed by atoms with Gasteiger partial charge < -0.3 is 18.9 Å². The predicted molar refractivity (Wildman–Crippen MR) is 127 cm³/mol. The Hall–Kier alpha value is -3.88. The number of rotatable bonds is 9. The number of imidazole rings is 1. The first-order valence-electron chi connectivity index (χ1n) is 10.7. The molecule has 0 atom stereocenters. The van der Waals surface area contributed by atoms with E-state index < -0.39 is 0 Å². The van der Waals surface area contributed by atoms with Crippen molar-refractivity contribution in [2.24, 2.45) is 5.10 Å². The van der Waals surface area contributed by atoms with E-state index in [9.17, 15) is 9.59 Å². The van der Waals surface area contributed by atoms with E-state index in [2.05, 4.69) is 27.0 Å². The Morgan fingerprint density at radius 1 is 1.12 bits per heavy atom. The summed E-state index contributed by atoms with van der Waals surface area (Å²) in [6.07, 6.45) is 1.52. The highest BCUT2D eigenvalue weighted by Gasteiger charge is 2.12. The minimum absolute atomic E-state index is 0.0864. The van der Waals surface area contributed by atoms with E-state index in [1.54, 1.807) is 44.4 Å². The minimum atomic E-state index is -0.330. The summed E-state index contributed by atoms with van der Waals surface area (Å²) in [6, 6.07) is 10.6. The molecule has 1 aromatic heterocycles. The summed E-state index contributed by atoms with van der Waals surface area (Å²) < 4.78 is 13.3. The Bertz CT molecular complexity index is 1180. The number of benzene rings is 2. The SMILES string of the molecule is CCOc1cc(C=NNC(=O)c2ccc3c(c2)nc(C)n3CC)ccc1OCC(=O)N(C)C. The molecule has 174 valence electrons. The average molecular weight is 452 g/mol. The zero-order valence-electron chi connectivity index (χ0n) is 19.6. The molecule has 33 heavy (non-hydrogen) atoms. The monoisotopic (exact) mass is 451 g/mol. The highest BCUT2D eigenvalue weighted by molar-refractivity contribution is 5.98. The number of hydrazone groups is 1. The molecular formula is C24H29N5O4. The van der Waals surface area contributed by atoms with Gasteiger partial charge in [0.15, 0.2) is 18.1 Å². The smallest absolute Gasteiger partial charge is 0.271 e. The van der Waals surface area contributed by atoms with Crippen molar-refractivity contribution in [3.8, 4) is 11.5 Å². The van der Waals surface area contributed by atoms with E-state index >= 15 is 0 Å². The number of carbonyl (C=O) groups is 2. The normalized spacial score (nSPS) is 11.1. The Balaban J connectivity index is 1.68. The third-order valence-electron chi connectivity index (χ3n) is 5.01. The van der Waals surface area contributed by atoms with Crippen molar-refractivity contribution >= 4 is 29.1 Å². The number of amides is 2. The molecular weight excluding hydrogens is 422 g/mol. The number of aryl methyl sites for hydroxylation is 2. The summed E-state index contributed by atoms with van der Waals surface area (Å²) >= 11 is 0. The largest absolute Gasteiger partial charge is 0.490 e. The molecule has 0 radical (unpaired) electrons. The molecule has 1 heterocycles. The Labute approximate surface area is 193 Å². The van der Waals surface area contributed by atoms with Crippen molar-refractivity contribution in [1.29, 1.82) is 0 Å². The van der Waals surface area contributed by atoms with E-state index in [0.717, 1.165) is 23.4 Å². The first-order valence-corrected chi connectivity index (χ1v) is 10.7. The minimum Gasteiger partial charge on any atom is -0.490 e. The molecule has 0 spiro atoms. The Kier molecular flexibility index (Phi) is 7.66. The summed E-state index contributed by atoms with van der Waals surface area (Å²) in [5.41, 5.74) is 5.49. The molecule has 9 nitrogen and oxygen atoms in total. The summed E-state index contributed by atoms with van der Waals surface area (Å²) in [5, 5.41) is 4.06. The van der Waals surface area contributed by atoms with Crippen molar-refractivity contribution in [2.75, 3.05) is 27.3 Å². The van der Waals surface area contributed by atoms with Crippen molar-refractivity contribution in [1.82, 2.24) is 19.9 Å². The molecule has 0 saturated heterocycles. The van der Waals surface area contributed by atoms with Gasteiger partial charge in [-0.15, -0.1) is 0 Å². The second-order valence-corrected chi connectivity index (χ2v) is 7.52. The van der Waals surface area contributed by atoms with E-state index in [1.807, 2.05) is 19.9 Å². The maximum absolute atomic E-state index is 12.5. The van der Waals surface area contributed by atoms with Crippen LogP contribution in [0.5, 0.6) is 11.5 Å². The quantitative estimate of drug-likeness (QED) is 0.398. The molecule has 0 aliphatic carbocycles. The van der Waals surface area contributed by atoms with Gasteiger partial charge in [-0.1, -0.05) is 0 Å². The molecule has 0 aliphatic rings. The molecule has 0 unspecified atom stereocenters. The van der Waals surface area contributed by atoms with Crippen LogP contribution < -0.4 is 14.9 Å². The van der Waals surface area contributed by atoms with Crippen molar-refractivity contribution in [2.45, 2.75) is 27.3 Å². The standard InChI is InChI=1S/C24H29N5O4/c1-6-29-16(3)26-19-13-18(9-10-20(19)29)24(31)27-25-14-17-8-11-21(22(12-17)32-7-2)33-15-23(30)28(4)5/h8-14H,6-7,15H2,1-5H3,(H,27,31). The van der Waals surface area contributed by atoms with Crippen LogP contribution in [0.15, 0.2) is 41.5 Å². The number of nitrogens with one attached hydrogen (secondary N) is 1. The van der Waals surface area contributed by atoms with Crippen LogP contribution in [-0.4, -0.2) is 59.8 Å². The van der Waals surface area contributed by atoms with E-state index in [0.29, 0.717) is 29.2 Å². The molecule has 0 bridgehead atoms. The molecule has 3 rings (SSSR count). The highest BCUT2D eigenvalue weighted by atomic mass is 16.5. The van der Waals surface area contributed by atoms with Crippen molar-refractivity contribution in [3.63, 3.8) is 0 Å². The lowest BCUT2D eigenvalue weighted by molar-refractivity contribution is -0.130. The number of carbonyl (C=O) groups excluding carboxylic acids is 2. The van der Waals surface area contributed by atoms with Crippen LogP contribution >= 0.6 is 0 Å². The van der Waals surface area contributed by atoms with Gasteiger partial charge in [0, 0.05) is 26.2 Å². The zero-order valence-corrected chi connectivity index (χ0v) is 19.6. The van der Waals surface area contributed by atoms with E-state index in [1.165, 1.54) is 11.1 Å². The first-order chi connectivity index (χ1) is 15.8. The molecule has 0 aliphatic heterocycles. The number of hydrogen-bond donors (Lipinski definition) is 1. The Morgan fingerprint density at radius 3 is 2.61 bits per heavy atom.